The average molecular weight is 284 g/mol. The lowest BCUT2D eigenvalue weighted by molar-refractivity contribution is -0.139. The van der Waals surface area contributed by atoms with Crippen LogP contribution in [0.2, 0.25) is 0 Å². The standard InChI is InChI=1S/C10H11F3O4S/c1-7-2-3-9(18(14,15)16)8(6-7)17-5-4-10(11,12)13/h2-3,6H,4-5H2,1H3,(H,14,15,16). The van der Waals surface area contributed by atoms with Crippen molar-refractivity contribution in [1.29, 1.82) is 0 Å². The summed E-state index contributed by atoms with van der Waals surface area (Å²) in [6, 6.07) is 3.73. The Hall–Kier alpha value is -1.28. The van der Waals surface area contributed by atoms with E-state index in [0.29, 0.717) is 5.56 Å². The van der Waals surface area contributed by atoms with Crippen LogP contribution in [-0.2, 0) is 10.1 Å². The van der Waals surface area contributed by atoms with Gasteiger partial charge in [-0.2, -0.15) is 21.6 Å². The van der Waals surface area contributed by atoms with Crippen molar-refractivity contribution in [1.82, 2.24) is 0 Å². The zero-order valence-electron chi connectivity index (χ0n) is 9.36. The lowest BCUT2D eigenvalue weighted by Crippen LogP contribution is -2.14. The van der Waals surface area contributed by atoms with Crippen molar-refractivity contribution in [2.75, 3.05) is 6.61 Å². The van der Waals surface area contributed by atoms with Gasteiger partial charge in [-0.15, -0.1) is 0 Å². The number of alkyl halides is 3. The molecule has 0 heterocycles. The number of rotatable bonds is 4. The molecule has 0 saturated carbocycles. The van der Waals surface area contributed by atoms with E-state index < -0.39 is 34.2 Å². The minimum Gasteiger partial charge on any atom is -0.492 e. The lowest BCUT2D eigenvalue weighted by Gasteiger charge is -2.11. The first kappa shape index (κ1) is 14.8. The SMILES string of the molecule is Cc1ccc(S(=O)(=O)O)c(OCCC(F)(F)F)c1. The first-order valence-electron chi connectivity index (χ1n) is 4.87. The van der Waals surface area contributed by atoms with Gasteiger partial charge >= 0.3 is 6.18 Å². The normalized spacial score (nSPS) is 12.5. The summed E-state index contributed by atoms with van der Waals surface area (Å²) in [6.45, 7) is 0.903. The zero-order valence-corrected chi connectivity index (χ0v) is 10.2. The van der Waals surface area contributed by atoms with Gasteiger partial charge in [0.15, 0.2) is 0 Å². The summed E-state index contributed by atoms with van der Waals surface area (Å²) in [4.78, 5) is -0.546. The van der Waals surface area contributed by atoms with Crippen LogP contribution in [0.25, 0.3) is 0 Å². The van der Waals surface area contributed by atoms with Crippen LogP contribution in [-0.4, -0.2) is 25.8 Å². The van der Waals surface area contributed by atoms with Gasteiger partial charge in [0.25, 0.3) is 10.1 Å². The summed E-state index contributed by atoms with van der Waals surface area (Å²) in [7, 11) is -4.52. The van der Waals surface area contributed by atoms with Gasteiger partial charge in [0.1, 0.15) is 10.6 Å². The van der Waals surface area contributed by atoms with E-state index in [4.69, 9.17) is 9.29 Å². The van der Waals surface area contributed by atoms with E-state index in [-0.39, 0.29) is 5.75 Å². The van der Waals surface area contributed by atoms with Crippen molar-refractivity contribution in [2.45, 2.75) is 24.4 Å². The van der Waals surface area contributed by atoms with E-state index >= 15 is 0 Å². The zero-order chi connectivity index (χ0) is 14.0. The van der Waals surface area contributed by atoms with Crippen molar-refractivity contribution >= 4 is 10.1 Å². The molecule has 1 aromatic carbocycles. The fraction of sp³-hybridized carbons (Fsp3) is 0.400. The smallest absolute Gasteiger partial charge is 0.392 e. The Labute approximate surface area is 102 Å². The molecule has 0 unspecified atom stereocenters. The molecule has 1 aromatic rings. The fourth-order valence-corrected chi connectivity index (χ4v) is 1.83. The molecule has 102 valence electrons. The van der Waals surface area contributed by atoms with Crippen LogP contribution < -0.4 is 4.74 Å². The van der Waals surface area contributed by atoms with Crippen molar-refractivity contribution in [2.24, 2.45) is 0 Å². The van der Waals surface area contributed by atoms with Gasteiger partial charge in [0.2, 0.25) is 0 Å². The highest BCUT2D eigenvalue weighted by atomic mass is 32.2. The molecule has 18 heavy (non-hydrogen) atoms. The van der Waals surface area contributed by atoms with E-state index in [1.165, 1.54) is 12.1 Å². The highest BCUT2D eigenvalue weighted by molar-refractivity contribution is 7.86. The summed E-state index contributed by atoms with van der Waals surface area (Å²) in [6.07, 6.45) is -5.59. The molecule has 0 amide bonds. The number of benzene rings is 1. The molecule has 0 radical (unpaired) electrons. The Kier molecular flexibility index (Phi) is 4.23. The number of ether oxygens (including phenoxy) is 1. The molecule has 1 rings (SSSR count). The molecule has 0 aliphatic heterocycles. The molecule has 0 fully saturated rings. The Bertz CT molecular complexity index is 522. The van der Waals surface area contributed by atoms with E-state index in [1.807, 2.05) is 0 Å². The molecule has 1 N–H and O–H groups in total. The Morgan fingerprint density at radius 3 is 2.44 bits per heavy atom. The summed E-state index contributed by atoms with van der Waals surface area (Å²) >= 11 is 0. The molecular weight excluding hydrogens is 273 g/mol. The molecule has 0 aliphatic rings. The summed E-state index contributed by atoms with van der Waals surface area (Å²) in [5.74, 6) is -0.290. The van der Waals surface area contributed by atoms with Crippen LogP contribution in [0.1, 0.15) is 12.0 Å². The van der Waals surface area contributed by atoms with Crippen LogP contribution in [0, 0.1) is 6.92 Å². The van der Waals surface area contributed by atoms with Crippen LogP contribution in [0.15, 0.2) is 23.1 Å². The van der Waals surface area contributed by atoms with Gasteiger partial charge in [-0.1, -0.05) is 6.07 Å². The van der Waals surface area contributed by atoms with Gasteiger partial charge < -0.3 is 4.74 Å². The molecule has 0 aliphatic carbocycles. The Balaban J connectivity index is 2.91. The van der Waals surface area contributed by atoms with E-state index in [0.717, 1.165) is 6.07 Å². The predicted molar refractivity (Wildman–Crippen MR) is 57.2 cm³/mol. The van der Waals surface area contributed by atoms with Crippen LogP contribution in [0.5, 0.6) is 5.75 Å². The van der Waals surface area contributed by atoms with E-state index in [1.54, 1.807) is 6.92 Å². The first-order valence-corrected chi connectivity index (χ1v) is 6.31. The number of hydrogen-bond donors (Lipinski definition) is 1. The maximum Gasteiger partial charge on any atom is 0.392 e. The molecule has 8 heteroatoms. The number of halogens is 3. The average Bonchev–Trinajstić information content (AvgIpc) is 2.13. The molecule has 0 bridgehead atoms. The lowest BCUT2D eigenvalue weighted by atomic mass is 10.2. The van der Waals surface area contributed by atoms with Crippen molar-refractivity contribution < 1.29 is 30.9 Å². The van der Waals surface area contributed by atoms with Crippen LogP contribution >= 0.6 is 0 Å². The summed E-state index contributed by atoms with van der Waals surface area (Å²) in [5.41, 5.74) is 0.601. The maximum absolute atomic E-state index is 11.9. The second kappa shape index (κ2) is 5.15. The van der Waals surface area contributed by atoms with Crippen molar-refractivity contribution in [3.05, 3.63) is 23.8 Å². The number of aryl methyl sites for hydroxylation is 1. The second-order valence-corrected chi connectivity index (χ2v) is 5.03. The molecular formula is C10H11F3O4S. The third kappa shape index (κ3) is 4.53. The molecule has 0 saturated heterocycles. The van der Waals surface area contributed by atoms with Gasteiger partial charge in [-0.3, -0.25) is 4.55 Å². The molecule has 0 aromatic heterocycles. The largest absolute Gasteiger partial charge is 0.492 e. The monoisotopic (exact) mass is 284 g/mol. The Morgan fingerprint density at radius 1 is 1.33 bits per heavy atom. The molecule has 4 nitrogen and oxygen atoms in total. The van der Waals surface area contributed by atoms with E-state index in [9.17, 15) is 21.6 Å². The van der Waals surface area contributed by atoms with Gasteiger partial charge in [0, 0.05) is 0 Å². The molecule has 0 atom stereocenters. The molecule has 0 spiro atoms. The van der Waals surface area contributed by atoms with E-state index in [2.05, 4.69) is 0 Å². The van der Waals surface area contributed by atoms with Gasteiger partial charge in [-0.05, 0) is 24.6 Å². The highest BCUT2D eigenvalue weighted by Gasteiger charge is 2.27. The number of hydrogen-bond acceptors (Lipinski definition) is 3. The fourth-order valence-electron chi connectivity index (χ4n) is 1.22. The quantitative estimate of drug-likeness (QED) is 0.863. The predicted octanol–water partition coefficient (Wildman–Crippen LogP) is 2.57. The van der Waals surface area contributed by atoms with Crippen molar-refractivity contribution in [3.8, 4) is 5.75 Å². The topological polar surface area (TPSA) is 63.6 Å². The minimum absolute atomic E-state index is 0.290. The third-order valence-electron chi connectivity index (χ3n) is 2.02. The second-order valence-electron chi connectivity index (χ2n) is 3.64. The van der Waals surface area contributed by atoms with Gasteiger partial charge in [0.05, 0.1) is 13.0 Å². The van der Waals surface area contributed by atoms with Gasteiger partial charge in [-0.25, -0.2) is 0 Å². The highest BCUT2D eigenvalue weighted by Crippen LogP contribution is 2.26. The Morgan fingerprint density at radius 2 is 1.94 bits per heavy atom. The summed E-state index contributed by atoms with van der Waals surface area (Å²) < 4.78 is 71.4. The van der Waals surface area contributed by atoms with Crippen LogP contribution in [0.3, 0.4) is 0 Å². The third-order valence-corrected chi connectivity index (χ3v) is 2.91. The summed E-state index contributed by atoms with van der Waals surface area (Å²) in [5, 5.41) is 0. The first-order chi connectivity index (χ1) is 8.09. The maximum atomic E-state index is 11.9. The van der Waals surface area contributed by atoms with Crippen LogP contribution in [0.4, 0.5) is 13.2 Å². The minimum atomic E-state index is -4.52. The van der Waals surface area contributed by atoms with Crippen molar-refractivity contribution in [3.63, 3.8) is 0 Å².